The average Bonchev–Trinajstić information content (AvgIpc) is 3.40. The second-order valence-electron chi connectivity index (χ2n) is 5.88. The predicted molar refractivity (Wildman–Crippen MR) is 109 cm³/mol. The standard InChI is InChI=1S/C19H21N3O4S2/c1-2-17(24)13-5-7-15(8-6-13)26-11-14(23)12-27-19-22-21-18(28-19)20-10-16-4-3-9-25-16/h3-9,14,23H,2,10-12H2,1H3,(H,20,21). The molecule has 2 aromatic heterocycles. The number of thioether (sulfide) groups is 1. The van der Waals surface area contributed by atoms with Crippen LogP contribution in [0.1, 0.15) is 29.5 Å². The SMILES string of the molecule is CCC(=O)c1ccc(OCC(O)CSc2nnc(NCc3ccco3)s2)cc1. The van der Waals surface area contributed by atoms with Crippen LogP contribution in [0.2, 0.25) is 0 Å². The number of aliphatic hydroxyl groups excluding tert-OH is 1. The van der Waals surface area contributed by atoms with Gasteiger partial charge < -0.3 is 19.6 Å². The monoisotopic (exact) mass is 419 g/mol. The first-order chi connectivity index (χ1) is 13.6. The van der Waals surface area contributed by atoms with Gasteiger partial charge >= 0.3 is 0 Å². The Balaban J connectivity index is 1.38. The molecule has 0 fully saturated rings. The number of aromatic nitrogens is 2. The molecule has 0 saturated carbocycles. The molecule has 7 nitrogen and oxygen atoms in total. The number of anilines is 1. The van der Waals surface area contributed by atoms with Gasteiger partial charge in [0.05, 0.1) is 18.9 Å². The summed E-state index contributed by atoms with van der Waals surface area (Å²) >= 11 is 2.85. The maximum atomic E-state index is 11.6. The van der Waals surface area contributed by atoms with E-state index < -0.39 is 6.10 Å². The second kappa shape index (κ2) is 10.3. The zero-order chi connectivity index (χ0) is 19.8. The molecule has 2 N–H and O–H groups in total. The molecule has 0 spiro atoms. The highest BCUT2D eigenvalue weighted by Gasteiger charge is 2.11. The van der Waals surface area contributed by atoms with Crippen molar-refractivity contribution in [3.8, 4) is 5.75 Å². The van der Waals surface area contributed by atoms with Gasteiger partial charge in [-0.3, -0.25) is 4.79 Å². The summed E-state index contributed by atoms with van der Waals surface area (Å²) in [5.41, 5.74) is 0.665. The van der Waals surface area contributed by atoms with E-state index in [-0.39, 0.29) is 12.4 Å². The molecule has 2 heterocycles. The first-order valence-electron chi connectivity index (χ1n) is 8.80. The van der Waals surface area contributed by atoms with Crippen molar-refractivity contribution in [1.29, 1.82) is 0 Å². The molecule has 0 bridgehead atoms. The van der Waals surface area contributed by atoms with Crippen LogP contribution >= 0.6 is 23.1 Å². The molecule has 28 heavy (non-hydrogen) atoms. The summed E-state index contributed by atoms with van der Waals surface area (Å²) in [4.78, 5) is 11.6. The van der Waals surface area contributed by atoms with Crippen molar-refractivity contribution in [3.63, 3.8) is 0 Å². The molecule has 0 aliphatic rings. The maximum absolute atomic E-state index is 11.6. The Morgan fingerprint density at radius 2 is 2.14 bits per heavy atom. The number of nitrogens with zero attached hydrogens (tertiary/aromatic N) is 2. The lowest BCUT2D eigenvalue weighted by molar-refractivity contribution is 0.0987. The van der Waals surface area contributed by atoms with Crippen molar-refractivity contribution < 1.29 is 19.1 Å². The van der Waals surface area contributed by atoms with E-state index in [9.17, 15) is 9.90 Å². The van der Waals surface area contributed by atoms with Crippen LogP contribution in [-0.2, 0) is 6.54 Å². The number of Topliss-reactive ketones (excluding diaryl/α,β-unsaturated/α-hetero) is 1. The number of hydrogen-bond acceptors (Lipinski definition) is 9. The Morgan fingerprint density at radius 3 is 2.86 bits per heavy atom. The van der Waals surface area contributed by atoms with Crippen molar-refractivity contribution in [1.82, 2.24) is 10.2 Å². The molecular formula is C19H21N3O4S2. The van der Waals surface area contributed by atoms with Gasteiger partial charge in [0.2, 0.25) is 5.13 Å². The van der Waals surface area contributed by atoms with E-state index in [1.807, 2.05) is 19.1 Å². The molecule has 0 aliphatic heterocycles. The van der Waals surface area contributed by atoms with Gasteiger partial charge in [0.15, 0.2) is 10.1 Å². The summed E-state index contributed by atoms with van der Waals surface area (Å²) in [6, 6.07) is 10.7. The lowest BCUT2D eigenvalue weighted by Gasteiger charge is -2.11. The van der Waals surface area contributed by atoms with E-state index in [2.05, 4.69) is 15.5 Å². The minimum Gasteiger partial charge on any atom is -0.491 e. The summed E-state index contributed by atoms with van der Waals surface area (Å²) < 4.78 is 11.6. The Hall–Kier alpha value is -2.36. The highest BCUT2D eigenvalue weighted by Crippen LogP contribution is 2.26. The van der Waals surface area contributed by atoms with Crippen LogP contribution < -0.4 is 10.1 Å². The summed E-state index contributed by atoms with van der Waals surface area (Å²) in [7, 11) is 0. The Kier molecular flexibility index (Phi) is 7.46. The Morgan fingerprint density at radius 1 is 1.32 bits per heavy atom. The smallest absolute Gasteiger partial charge is 0.206 e. The minimum absolute atomic E-state index is 0.0954. The highest BCUT2D eigenvalue weighted by atomic mass is 32.2. The van der Waals surface area contributed by atoms with Gasteiger partial charge in [-0.25, -0.2) is 0 Å². The van der Waals surface area contributed by atoms with E-state index in [0.29, 0.717) is 35.2 Å². The zero-order valence-corrected chi connectivity index (χ0v) is 17.0. The normalized spacial score (nSPS) is 11.9. The third-order valence-electron chi connectivity index (χ3n) is 3.74. The van der Waals surface area contributed by atoms with Gasteiger partial charge in [0, 0.05) is 17.7 Å². The Bertz CT molecular complexity index is 866. The van der Waals surface area contributed by atoms with E-state index >= 15 is 0 Å². The summed E-state index contributed by atoms with van der Waals surface area (Å²) in [5.74, 6) is 1.98. The number of hydrogen-bond donors (Lipinski definition) is 2. The highest BCUT2D eigenvalue weighted by molar-refractivity contribution is 8.01. The molecule has 9 heteroatoms. The maximum Gasteiger partial charge on any atom is 0.206 e. The molecule has 3 rings (SSSR count). The van der Waals surface area contributed by atoms with Gasteiger partial charge in [-0.1, -0.05) is 30.0 Å². The van der Waals surface area contributed by atoms with E-state index in [1.54, 1.807) is 30.5 Å². The molecule has 0 amide bonds. The van der Waals surface area contributed by atoms with Crippen molar-refractivity contribution in [2.45, 2.75) is 30.3 Å². The largest absolute Gasteiger partial charge is 0.491 e. The van der Waals surface area contributed by atoms with Crippen LogP contribution in [0.5, 0.6) is 5.75 Å². The number of ketones is 1. The van der Waals surface area contributed by atoms with Crippen LogP contribution in [0.3, 0.4) is 0 Å². The van der Waals surface area contributed by atoms with E-state index in [1.165, 1.54) is 23.1 Å². The molecule has 1 aromatic carbocycles. The zero-order valence-electron chi connectivity index (χ0n) is 15.3. The van der Waals surface area contributed by atoms with Crippen molar-refractivity contribution in [2.24, 2.45) is 0 Å². The number of aliphatic hydroxyl groups is 1. The van der Waals surface area contributed by atoms with Gasteiger partial charge in [0.25, 0.3) is 0 Å². The van der Waals surface area contributed by atoms with Crippen molar-refractivity contribution in [3.05, 3.63) is 54.0 Å². The first kappa shape index (κ1) is 20.4. The van der Waals surface area contributed by atoms with Gasteiger partial charge in [0.1, 0.15) is 18.1 Å². The topological polar surface area (TPSA) is 97.5 Å². The molecule has 148 valence electrons. The molecule has 0 saturated heterocycles. The lowest BCUT2D eigenvalue weighted by Crippen LogP contribution is -2.20. The number of furan rings is 1. The number of ether oxygens (including phenoxy) is 1. The number of rotatable bonds is 11. The van der Waals surface area contributed by atoms with Crippen LogP contribution in [0.15, 0.2) is 51.4 Å². The lowest BCUT2D eigenvalue weighted by atomic mass is 10.1. The number of carbonyl (C=O) groups excluding carboxylic acids is 1. The number of carbonyl (C=O) groups is 1. The minimum atomic E-state index is -0.648. The summed E-state index contributed by atoms with van der Waals surface area (Å²) in [6.45, 7) is 2.54. The molecular weight excluding hydrogens is 398 g/mol. The van der Waals surface area contributed by atoms with Crippen LogP contribution in [-0.4, -0.2) is 39.6 Å². The fourth-order valence-corrected chi connectivity index (χ4v) is 3.94. The first-order valence-corrected chi connectivity index (χ1v) is 10.6. The third kappa shape index (κ3) is 6.08. The molecule has 1 atom stereocenters. The molecule has 0 aliphatic carbocycles. The van der Waals surface area contributed by atoms with E-state index in [0.717, 1.165) is 10.1 Å². The number of benzene rings is 1. The fraction of sp³-hybridized carbons (Fsp3) is 0.316. The quantitative estimate of drug-likeness (QED) is 0.357. The summed E-state index contributed by atoms with van der Waals surface area (Å²) in [5, 5.41) is 22.1. The Labute approximate surface area is 171 Å². The van der Waals surface area contributed by atoms with E-state index in [4.69, 9.17) is 9.15 Å². The fourth-order valence-electron chi connectivity index (χ4n) is 2.26. The van der Waals surface area contributed by atoms with Crippen molar-refractivity contribution in [2.75, 3.05) is 17.7 Å². The predicted octanol–water partition coefficient (Wildman–Crippen LogP) is 3.87. The second-order valence-corrected chi connectivity index (χ2v) is 8.13. The average molecular weight is 420 g/mol. The summed E-state index contributed by atoms with van der Waals surface area (Å²) in [6.07, 6.45) is 1.45. The van der Waals surface area contributed by atoms with Crippen LogP contribution in [0.25, 0.3) is 0 Å². The van der Waals surface area contributed by atoms with Crippen molar-refractivity contribution >= 4 is 34.0 Å². The van der Waals surface area contributed by atoms with Gasteiger partial charge in [-0.05, 0) is 36.4 Å². The van der Waals surface area contributed by atoms with Gasteiger partial charge in [-0.15, -0.1) is 10.2 Å². The number of nitrogens with one attached hydrogen (secondary N) is 1. The van der Waals surface area contributed by atoms with Crippen LogP contribution in [0, 0.1) is 0 Å². The van der Waals surface area contributed by atoms with Crippen LogP contribution in [0.4, 0.5) is 5.13 Å². The third-order valence-corrected chi connectivity index (χ3v) is 5.90. The van der Waals surface area contributed by atoms with Gasteiger partial charge in [-0.2, -0.15) is 0 Å². The molecule has 0 radical (unpaired) electrons. The molecule has 3 aromatic rings. The molecule has 1 unspecified atom stereocenters.